The average molecular weight is 194 g/mol. The lowest BCUT2D eigenvalue weighted by Gasteiger charge is -2.24. The highest BCUT2D eigenvalue weighted by atomic mass is 16.5. The lowest BCUT2D eigenvalue weighted by atomic mass is 10.1. The van der Waals surface area contributed by atoms with Crippen molar-refractivity contribution >= 4 is 5.69 Å². The first kappa shape index (κ1) is 10.8. The number of hydrogen-bond donors (Lipinski definition) is 1. The van der Waals surface area contributed by atoms with Crippen LogP contribution in [0.4, 0.5) is 5.69 Å². The fourth-order valence-corrected chi connectivity index (χ4v) is 0.952. The Morgan fingerprint density at radius 1 is 1.50 bits per heavy atom. The highest BCUT2D eigenvalue weighted by Gasteiger charge is 2.17. The Bertz CT molecular complexity index is 321. The average Bonchev–Trinajstić information content (AvgIpc) is 2.11. The summed E-state index contributed by atoms with van der Waals surface area (Å²) < 4.78 is 5.72. The summed E-state index contributed by atoms with van der Waals surface area (Å²) in [4.78, 5) is 4.13. The highest BCUT2D eigenvalue weighted by Crippen LogP contribution is 2.21. The van der Waals surface area contributed by atoms with Gasteiger partial charge in [0, 0.05) is 6.07 Å². The van der Waals surface area contributed by atoms with Crippen LogP contribution in [0.2, 0.25) is 0 Å². The molecule has 1 heterocycles. The number of aromatic nitrogens is 1. The Kier molecular flexibility index (Phi) is 2.99. The number of hydrogen-bond acceptors (Lipinski definition) is 3. The molecule has 14 heavy (non-hydrogen) atoms. The Balaban J connectivity index is 2.83. The molecule has 1 rings (SSSR count). The van der Waals surface area contributed by atoms with Crippen molar-refractivity contribution in [2.45, 2.75) is 39.7 Å². The number of ether oxygens (including phenoxy) is 1. The number of nitrogens with zero attached hydrogens (tertiary/aromatic N) is 1. The molecule has 0 aromatic carbocycles. The van der Waals surface area contributed by atoms with Crippen molar-refractivity contribution in [3.63, 3.8) is 0 Å². The lowest BCUT2D eigenvalue weighted by molar-refractivity contribution is 0.0990. The van der Waals surface area contributed by atoms with E-state index in [0.29, 0.717) is 11.6 Å². The summed E-state index contributed by atoms with van der Waals surface area (Å²) in [5.74, 6) is 0.642. The number of anilines is 1. The van der Waals surface area contributed by atoms with Crippen LogP contribution < -0.4 is 10.5 Å². The van der Waals surface area contributed by atoms with Gasteiger partial charge in [-0.2, -0.15) is 0 Å². The van der Waals surface area contributed by atoms with Crippen LogP contribution in [0, 0.1) is 6.92 Å². The van der Waals surface area contributed by atoms with Crippen molar-refractivity contribution in [1.29, 1.82) is 0 Å². The highest BCUT2D eigenvalue weighted by molar-refractivity contribution is 5.45. The summed E-state index contributed by atoms with van der Waals surface area (Å²) in [5.41, 5.74) is 7.20. The maximum absolute atomic E-state index is 5.72. The van der Waals surface area contributed by atoms with Crippen molar-refractivity contribution in [1.82, 2.24) is 4.98 Å². The Labute approximate surface area is 85.3 Å². The normalized spacial score (nSPS) is 11.4. The maximum atomic E-state index is 5.72. The van der Waals surface area contributed by atoms with Crippen molar-refractivity contribution < 1.29 is 4.74 Å². The second-order valence-electron chi connectivity index (χ2n) is 4.09. The second-order valence-corrected chi connectivity index (χ2v) is 4.09. The van der Waals surface area contributed by atoms with Gasteiger partial charge in [-0.05, 0) is 32.8 Å². The summed E-state index contributed by atoms with van der Waals surface area (Å²) in [6.07, 6.45) is 2.58. The molecule has 2 N–H and O–H groups in total. The van der Waals surface area contributed by atoms with Crippen LogP contribution in [0.3, 0.4) is 0 Å². The number of rotatable bonds is 3. The van der Waals surface area contributed by atoms with Gasteiger partial charge in [-0.3, -0.25) is 0 Å². The predicted molar refractivity (Wildman–Crippen MR) is 58.4 cm³/mol. The van der Waals surface area contributed by atoms with E-state index in [2.05, 4.69) is 11.9 Å². The van der Waals surface area contributed by atoms with Gasteiger partial charge < -0.3 is 10.5 Å². The third kappa shape index (κ3) is 2.62. The molecule has 3 nitrogen and oxygen atoms in total. The molecule has 0 fully saturated rings. The van der Waals surface area contributed by atoms with Gasteiger partial charge in [-0.25, -0.2) is 4.98 Å². The third-order valence-corrected chi connectivity index (χ3v) is 2.36. The fourth-order valence-electron chi connectivity index (χ4n) is 0.952. The molecule has 0 radical (unpaired) electrons. The molecular weight excluding hydrogens is 176 g/mol. The van der Waals surface area contributed by atoms with Crippen molar-refractivity contribution in [2.75, 3.05) is 5.73 Å². The molecule has 0 saturated carbocycles. The Hall–Kier alpha value is -1.25. The molecule has 0 bridgehead atoms. The zero-order valence-corrected chi connectivity index (χ0v) is 9.29. The fraction of sp³-hybridized carbons (Fsp3) is 0.545. The molecule has 0 unspecified atom stereocenters. The molecule has 0 aliphatic rings. The maximum Gasteiger partial charge on any atom is 0.214 e. The van der Waals surface area contributed by atoms with Crippen molar-refractivity contribution in [3.05, 3.63) is 17.8 Å². The summed E-state index contributed by atoms with van der Waals surface area (Å²) in [6.45, 7) is 8.12. The van der Waals surface area contributed by atoms with Crippen LogP contribution in [0.15, 0.2) is 12.3 Å². The number of pyridine rings is 1. The number of nitrogen functional groups attached to an aromatic ring is 1. The summed E-state index contributed by atoms with van der Waals surface area (Å²) >= 11 is 0. The van der Waals surface area contributed by atoms with Crippen LogP contribution in [-0.2, 0) is 0 Å². The molecule has 1 aromatic rings. The van der Waals surface area contributed by atoms with E-state index in [1.54, 1.807) is 6.20 Å². The van der Waals surface area contributed by atoms with Gasteiger partial charge in [0.25, 0.3) is 0 Å². The van der Waals surface area contributed by atoms with Crippen LogP contribution in [0.5, 0.6) is 5.88 Å². The molecular formula is C11H18N2O. The van der Waals surface area contributed by atoms with E-state index in [1.807, 2.05) is 26.8 Å². The molecule has 0 aliphatic carbocycles. The standard InChI is InChI=1S/C11H18N2O/c1-5-11(3,4)14-10-6-8(2)9(12)7-13-10/h6-7H,5,12H2,1-4H3. The van der Waals surface area contributed by atoms with E-state index < -0.39 is 0 Å². The van der Waals surface area contributed by atoms with Crippen molar-refractivity contribution in [2.24, 2.45) is 0 Å². The minimum atomic E-state index is -0.171. The van der Waals surface area contributed by atoms with E-state index in [-0.39, 0.29) is 5.60 Å². The number of aryl methyl sites for hydroxylation is 1. The molecule has 0 spiro atoms. The smallest absolute Gasteiger partial charge is 0.214 e. The van der Waals surface area contributed by atoms with Gasteiger partial charge in [0.15, 0.2) is 0 Å². The van der Waals surface area contributed by atoms with Crippen LogP contribution in [-0.4, -0.2) is 10.6 Å². The first-order valence-electron chi connectivity index (χ1n) is 4.86. The number of nitrogens with two attached hydrogens (primary N) is 1. The van der Waals surface area contributed by atoms with Gasteiger partial charge in [0.05, 0.1) is 11.9 Å². The minimum absolute atomic E-state index is 0.171. The molecule has 0 atom stereocenters. The monoisotopic (exact) mass is 194 g/mol. The lowest BCUT2D eigenvalue weighted by Crippen LogP contribution is -2.27. The molecule has 0 amide bonds. The first-order valence-corrected chi connectivity index (χ1v) is 4.86. The van der Waals surface area contributed by atoms with Crippen molar-refractivity contribution in [3.8, 4) is 5.88 Å². The minimum Gasteiger partial charge on any atom is -0.472 e. The van der Waals surface area contributed by atoms with E-state index in [1.165, 1.54) is 0 Å². The summed E-state index contributed by atoms with van der Waals surface area (Å²) in [6, 6.07) is 1.87. The SMILES string of the molecule is CCC(C)(C)Oc1cc(C)c(N)cn1. The Morgan fingerprint density at radius 3 is 2.64 bits per heavy atom. The van der Waals surface area contributed by atoms with E-state index >= 15 is 0 Å². The molecule has 1 aromatic heterocycles. The van der Waals surface area contributed by atoms with Gasteiger partial charge in [-0.1, -0.05) is 6.92 Å². The van der Waals surface area contributed by atoms with Gasteiger partial charge in [0.2, 0.25) is 5.88 Å². The Morgan fingerprint density at radius 2 is 2.14 bits per heavy atom. The summed E-state index contributed by atoms with van der Waals surface area (Å²) in [7, 11) is 0. The van der Waals surface area contributed by atoms with Gasteiger partial charge in [-0.15, -0.1) is 0 Å². The summed E-state index contributed by atoms with van der Waals surface area (Å²) in [5, 5.41) is 0. The van der Waals surface area contributed by atoms with E-state index in [9.17, 15) is 0 Å². The topological polar surface area (TPSA) is 48.1 Å². The largest absolute Gasteiger partial charge is 0.472 e. The van der Waals surface area contributed by atoms with Gasteiger partial charge >= 0.3 is 0 Å². The predicted octanol–water partition coefficient (Wildman–Crippen LogP) is 2.54. The molecule has 78 valence electrons. The zero-order valence-electron chi connectivity index (χ0n) is 9.29. The molecule has 3 heteroatoms. The van der Waals surface area contributed by atoms with Gasteiger partial charge in [0.1, 0.15) is 5.60 Å². The molecule has 0 aliphatic heterocycles. The first-order chi connectivity index (χ1) is 6.44. The second kappa shape index (κ2) is 3.86. The van der Waals surface area contributed by atoms with E-state index in [0.717, 1.165) is 12.0 Å². The third-order valence-electron chi connectivity index (χ3n) is 2.36. The van der Waals surface area contributed by atoms with Crippen LogP contribution >= 0.6 is 0 Å². The van der Waals surface area contributed by atoms with E-state index in [4.69, 9.17) is 10.5 Å². The quantitative estimate of drug-likeness (QED) is 0.804. The van der Waals surface area contributed by atoms with Crippen LogP contribution in [0.1, 0.15) is 32.8 Å². The van der Waals surface area contributed by atoms with Crippen LogP contribution in [0.25, 0.3) is 0 Å². The zero-order chi connectivity index (χ0) is 10.8. The molecule has 0 saturated heterocycles.